The van der Waals surface area contributed by atoms with Crippen LogP contribution >= 0.6 is 0 Å². The molecule has 5 nitrogen and oxygen atoms in total. The largest absolute Gasteiger partial charge is 0.371 e. The number of nitrogens with one attached hydrogen (secondary N) is 2. The van der Waals surface area contributed by atoms with Crippen molar-refractivity contribution in [2.24, 2.45) is 5.92 Å². The van der Waals surface area contributed by atoms with E-state index in [4.69, 9.17) is 0 Å². The number of carbonyl (C=O) groups excluding carboxylic acids is 2. The van der Waals surface area contributed by atoms with Crippen LogP contribution in [0.5, 0.6) is 0 Å². The lowest BCUT2D eigenvalue weighted by atomic mass is 10.0. The van der Waals surface area contributed by atoms with Gasteiger partial charge in [0.05, 0.1) is 11.6 Å². The zero-order valence-corrected chi connectivity index (χ0v) is 17.5. The molecule has 0 radical (unpaired) electrons. The molecule has 0 spiro atoms. The SMILES string of the molecule is CC(C)C(=O)NC1CCN(c2ccccc2C(=O)N[C@H](C)c2ccccc2)CC1. The van der Waals surface area contributed by atoms with E-state index in [0.29, 0.717) is 5.56 Å². The van der Waals surface area contributed by atoms with Crippen LogP contribution in [0.4, 0.5) is 5.69 Å². The summed E-state index contributed by atoms with van der Waals surface area (Å²) in [6.45, 7) is 7.47. The van der Waals surface area contributed by atoms with E-state index in [2.05, 4.69) is 15.5 Å². The van der Waals surface area contributed by atoms with Gasteiger partial charge in [0.1, 0.15) is 0 Å². The van der Waals surface area contributed by atoms with Crippen LogP contribution in [0.15, 0.2) is 54.6 Å². The first-order chi connectivity index (χ1) is 14.0. The van der Waals surface area contributed by atoms with Crippen LogP contribution in [-0.2, 0) is 4.79 Å². The van der Waals surface area contributed by atoms with Gasteiger partial charge in [-0.1, -0.05) is 56.3 Å². The first-order valence-electron chi connectivity index (χ1n) is 10.5. The summed E-state index contributed by atoms with van der Waals surface area (Å²) >= 11 is 0. The summed E-state index contributed by atoms with van der Waals surface area (Å²) in [7, 11) is 0. The topological polar surface area (TPSA) is 61.4 Å². The molecule has 5 heteroatoms. The number of rotatable bonds is 6. The van der Waals surface area contributed by atoms with Crippen LogP contribution in [0.2, 0.25) is 0 Å². The van der Waals surface area contributed by atoms with E-state index in [1.165, 1.54) is 0 Å². The Bertz CT molecular complexity index is 827. The van der Waals surface area contributed by atoms with E-state index in [1.807, 2.05) is 75.4 Å². The monoisotopic (exact) mass is 393 g/mol. The van der Waals surface area contributed by atoms with Crippen LogP contribution in [0, 0.1) is 5.92 Å². The molecular weight excluding hydrogens is 362 g/mol. The molecule has 1 fully saturated rings. The molecule has 29 heavy (non-hydrogen) atoms. The van der Waals surface area contributed by atoms with Crippen molar-refractivity contribution in [2.75, 3.05) is 18.0 Å². The molecule has 1 saturated heterocycles. The van der Waals surface area contributed by atoms with E-state index in [0.717, 1.165) is 37.2 Å². The van der Waals surface area contributed by atoms with Crippen molar-refractivity contribution in [3.8, 4) is 0 Å². The van der Waals surface area contributed by atoms with Crippen LogP contribution < -0.4 is 15.5 Å². The summed E-state index contributed by atoms with van der Waals surface area (Å²) < 4.78 is 0. The van der Waals surface area contributed by atoms with Gasteiger partial charge in [0, 0.05) is 30.7 Å². The lowest BCUT2D eigenvalue weighted by molar-refractivity contribution is -0.124. The quantitative estimate of drug-likeness (QED) is 0.782. The van der Waals surface area contributed by atoms with E-state index in [-0.39, 0.29) is 29.8 Å². The van der Waals surface area contributed by atoms with Gasteiger partial charge in [0.25, 0.3) is 5.91 Å². The number of hydrogen-bond donors (Lipinski definition) is 2. The molecule has 2 aromatic rings. The minimum atomic E-state index is -0.0628. The van der Waals surface area contributed by atoms with Gasteiger partial charge in [-0.25, -0.2) is 0 Å². The van der Waals surface area contributed by atoms with Crippen molar-refractivity contribution < 1.29 is 9.59 Å². The third-order valence-electron chi connectivity index (χ3n) is 5.50. The van der Waals surface area contributed by atoms with Gasteiger partial charge in [-0.05, 0) is 37.5 Å². The Morgan fingerprint density at radius 2 is 1.55 bits per heavy atom. The minimum Gasteiger partial charge on any atom is -0.371 e. The molecular formula is C24H31N3O2. The van der Waals surface area contributed by atoms with Crippen molar-refractivity contribution in [1.29, 1.82) is 0 Å². The number of anilines is 1. The molecule has 2 aromatic carbocycles. The first kappa shape index (κ1) is 20.9. The van der Waals surface area contributed by atoms with Crippen molar-refractivity contribution in [2.45, 2.75) is 45.7 Å². The molecule has 0 aliphatic carbocycles. The zero-order chi connectivity index (χ0) is 20.8. The van der Waals surface area contributed by atoms with Gasteiger partial charge in [0.2, 0.25) is 5.91 Å². The van der Waals surface area contributed by atoms with Gasteiger partial charge in [-0.2, -0.15) is 0 Å². The number of carbonyl (C=O) groups is 2. The fourth-order valence-corrected chi connectivity index (χ4v) is 3.67. The molecule has 0 bridgehead atoms. The lowest BCUT2D eigenvalue weighted by Gasteiger charge is -2.35. The summed E-state index contributed by atoms with van der Waals surface area (Å²) in [6, 6.07) is 17.9. The van der Waals surface area contributed by atoms with E-state index < -0.39 is 0 Å². The number of piperidine rings is 1. The van der Waals surface area contributed by atoms with Crippen molar-refractivity contribution >= 4 is 17.5 Å². The summed E-state index contributed by atoms with van der Waals surface area (Å²) in [5, 5.41) is 6.24. The molecule has 3 rings (SSSR count). The third kappa shape index (κ3) is 5.37. The number of nitrogens with zero attached hydrogens (tertiary/aromatic N) is 1. The second kappa shape index (κ2) is 9.59. The molecule has 0 aromatic heterocycles. The molecule has 2 amide bonds. The summed E-state index contributed by atoms with van der Waals surface area (Å²) in [5.41, 5.74) is 2.74. The smallest absolute Gasteiger partial charge is 0.253 e. The first-order valence-corrected chi connectivity index (χ1v) is 10.5. The van der Waals surface area contributed by atoms with Crippen LogP contribution in [-0.4, -0.2) is 30.9 Å². The normalized spacial score (nSPS) is 15.8. The second-order valence-corrected chi connectivity index (χ2v) is 8.05. The summed E-state index contributed by atoms with van der Waals surface area (Å²) in [5.74, 6) is 0.0503. The minimum absolute atomic E-state index is 0.00376. The van der Waals surface area contributed by atoms with E-state index >= 15 is 0 Å². The molecule has 2 N–H and O–H groups in total. The number of amides is 2. The number of benzene rings is 2. The van der Waals surface area contributed by atoms with Crippen LogP contribution in [0.1, 0.15) is 55.6 Å². The molecule has 0 saturated carbocycles. The third-order valence-corrected chi connectivity index (χ3v) is 5.50. The molecule has 1 atom stereocenters. The molecule has 1 aliphatic rings. The zero-order valence-electron chi connectivity index (χ0n) is 17.5. The van der Waals surface area contributed by atoms with Crippen LogP contribution in [0.3, 0.4) is 0 Å². The Morgan fingerprint density at radius 1 is 0.931 bits per heavy atom. The maximum Gasteiger partial charge on any atom is 0.253 e. The Hall–Kier alpha value is -2.82. The highest BCUT2D eigenvalue weighted by molar-refractivity contribution is 6.00. The highest BCUT2D eigenvalue weighted by Gasteiger charge is 2.24. The highest BCUT2D eigenvalue weighted by atomic mass is 16.2. The Kier molecular flexibility index (Phi) is 6.91. The Morgan fingerprint density at radius 3 is 2.21 bits per heavy atom. The van der Waals surface area contributed by atoms with Gasteiger partial charge in [-0.3, -0.25) is 9.59 Å². The number of para-hydroxylation sites is 1. The number of hydrogen-bond acceptors (Lipinski definition) is 3. The van der Waals surface area contributed by atoms with Gasteiger partial charge in [-0.15, -0.1) is 0 Å². The average Bonchev–Trinajstić information content (AvgIpc) is 2.74. The molecule has 154 valence electrons. The van der Waals surface area contributed by atoms with Gasteiger partial charge >= 0.3 is 0 Å². The van der Waals surface area contributed by atoms with Gasteiger partial charge < -0.3 is 15.5 Å². The van der Waals surface area contributed by atoms with Crippen molar-refractivity contribution in [3.05, 3.63) is 65.7 Å². The summed E-state index contributed by atoms with van der Waals surface area (Å²) in [4.78, 5) is 27.2. The van der Waals surface area contributed by atoms with Crippen molar-refractivity contribution in [1.82, 2.24) is 10.6 Å². The maximum atomic E-state index is 13.0. The Balaban J connectivity index is 1.65. The van der Waals surface area contributed by atoms with Crippen molar-refractivity contribution in [3.63, 3.8) is 0 Å². The van der Waals surface area contributed by atoms with E-state index in [1.54, 1.807) is 0 Å². The molecule has 0 unspecified atom stereocenters. The predicted octanol–water partition coefficient (Wildman–Crippen LogP) is 3.92. The predicted molar refractivity (Wildman–Crippen MR) is 117 cm³/mol. The lowest BCUT2D eigenvalue weighted by Crippen LogP contribution is -2.46. The van der Waals surface area contributed by atoms with Gasteiger partial charge in [0.15, 0.2) is 0 Å². The Labute approximate surface area is 173 Å². The standard InChI is InChI=1S/C24H31N3O2/c1-17(2)23(28)26-20-13-15-27(16-14-20)22-12-8-7-11-21(22)24(29)25-18(3)19-9-5-4-6-10-19/h4-12,17-18,20H,13-16H2,1-3H3,(H,25,29)(H,26,28)/t18-/m1/s1. The molecule has 1 aliphatic heterocycles. The fraction of sp³-hybridized carbons (Fsp3) is 0.417. The van der Waals surface area contributed by atoms with Crippen LogP contribution in [0.25, 0.3) is 0 Å². The molecule has 1 heterocycles. The fourth-order valence-electron chi connectivity index (χ4n) is 3.67. The second-order valence-electron chi connectivity index (χ2n) is 8.05. The highest BCUT2D eigenvalue weighted by Crippen LogP contribution is 2.25. The average molecular weight is 394 g/mol. The summed E-state index contributed by atoms with van der Waals surface area (Å²) in [6.07, 6.45) is 1.77. The van der Waals surface area contributed by atoms with E-state index in [9.17, 15) is 9.59 Å². The maximum absolute atomic E-state index is 13.0.